The molecule has 0 aliphatic heterocycles. The molecule has 0 aliphatic rings. The second kappa shape index (κ2) is 4.67. The number of rotatable bonds is 4. The van der Waals surface area contributed by atoms with Crippen molar-refractivity contribution in [2.24, 2.45) is 0 Å². The van der Waals surface area contributed by atoms with Crippen molar-refractivity contribution in [1.82, 2.24) is 15.0 Å². The molecule has 2 rings (SSSR count). The van der Waals surface area contributed by atoms with Crippen LogP contribution in [-0.2, 0) is 6.54 Å². The first-order chi connectivity index (χ1) is 7.75. The molecule has 0 spiro atoms. The van der Waals surface area contributed by atoms with E-state index in [0.717, 1.165) is 4.88 Å². The molecule has 2 N–H and O–H groups in total. The van der Waals surface area contributed by atoms with Crippen LogP contribution in [0.15, 0.2) is 24.1 Å². The van der Waals surface area contributed by atoms with Gasteiger partial charge in [0.05, 0.1) is 24.4 Å². The van der Waals surface area contributed by atoms with Crippen LogP contribution in [0.4, 0.5) is 5.82 Å². The molecule has 0 radical (unpaired) electrons. The first-order valence-corrected chi connectivity index (χ1v) is 5.30. The van der Waals surface area contributed by atoms with E-state index in [-0.39, 0.29) is 5.69 Å². The topological polar surface area (TPSA) is 88.0 Å². The molecule has 2 aromatic heterocycles. The molecule has 2 heterocycles. The summed E-state index contributed by atoms with van der Waals surface area (Å²) in [5.41, 5.74) is 1.68. The number of carbonyl (C=O) groups is 1. The van der Waals surface area contributed by atoms with E-state index in [1.165, 1.54) is 23.7 Å². The summed E-state index contributed by atoms with van der Waals surface area (Å²) in [6.45, 7) is 0.603. The molecule has 16 heavy (non-hydrogen) atoms. The number of carboxylic acid groups (broad SMARTS) is 1. The molecule has 6 nitrogen and oxygen atoms in total. The van der Waals surface area contributed by atoms with Crippen LogP contribution in [-0.4, -0.2) is 26.0 Å². The highest BCUT2D eigenvalue weighted by molar-refractivity contribution is 7.09. The fourth-order valence-corrected chi connectivity index (χ4v) is 1.57. The van der Waals surface area contributed by atoms with Gasteiger partial charge < -0.3 is 10.4 Å². The molecule has 0 bridgehead atoms. The molecular weight excluding hydrogens is 228 g/mol. The minimum Gasteiger partial charge on any atom is -0.476 e. The van der Waals surface area contributed by atoms with E-state index in [4.69, 9.17) is 5.11 Å². The molecule has 0 aromatic carbocycles. The number of carboxylic acids is 1. The Hall–Kier alpha value is -2.02. The number of aromatic carboxylic acids is 1. The average molecular weight is 236 g/mol. The first kappa shape index (κ1) is 10.5. The van der Waals surface area contributed by atoms with Crippen molar-refractivity contribution in [2.45, 2.75) is 6.54 Å². The number of nitrogens with one attached hydrogen (secondary N) is 1. The lowest BCUT2D eigenvalue weighted by Crippen LogP contribution is -2.04. The standard InChI is InChI=1S/C9H8N4O2S/c14-9(15)7-3-13-8(4-11-7)12-2-6-1-10-5-16-6/h1,3-5H,2H2,(H,12,13)(H,14,15). The molecule has 7 heteroatoms. The van der Waals surface area contributed by atoms with Crippen LogP contribution in [0.3, 0.4) is 0 Å². The SMILES string of the molecule is O=C(O)c1cnc(NCc2cncs2)cn1. The second-order valence-corrected chi connectivity index (χ2v) is 3.88. The van der Waals surface area contributed by atoms with Crippen molar-refractivity contribution in [1.29, 1.82) is 0 Å². The highest BCUT2D eigenvalue weighted by atomic mass is 32.1. The molecule has 0 amide bonds. The van der Waals surface area contributed by atoms with Crippen LogP contribution in [0.1, 0.15) is 15.4 Å². The van der Waals surface area contributed by atoms with Gasteiger partial charge in [-0.05, 0) is 0 Å². The number of anilines is 1. The maximum atomic E-state index is 10.5. The zero-order valence-electron chi connectivity index (χ0n) is 8.12. The lowest BCUT2D eigenvalue weighted by atomic mass is 10.4. The maximum absolute atomic E-state index is 10.5. The number of hydrogen-bond acceptors (Lipinski definition) is 6. The summed E-state index contributed by atoms with van der Waals surface area (Å²) in [4.78, 5) is 23.2. The Morgan fingerprint density at radius 1 is 1.38 bits per heavy atom. The Morgan fingerprint density at radius 3 is 2.81 bits per heavy atom. The third kappa shape index (κ3) is 2.51. The molecule has 0 fully saturated rings. The summed E-state index contributed by atoms with van der Waals surface area (Å²) in [6.07, 6.45) is 4.37. The van der Waals surface area contributed by atoms with Crippen molar-refractivity contribution >= 4 is 23.1 Å². The molecule has 0 saturated carbocycles. The molecule has 0 unspecified atom stereocenters. The van der Waals surface area contributed by atoms with Crippen LogP contribution in [0.25, 0.3) is 0 Å². The van der Waals surface area contributed by atoms with Crippen molar-refractivity contribution in [3.05, 3.63) is 34.7 Å². The van der Waals surface area contributed by atoms with E-state index < -0.39 is 5.97 Å². The Bertz CT molecular complexity index is 469. The number of thiazole rings is 1. The molecule has 0 atom stereocenters. The third-order valence-corrected chi connectivity index (χ3v) is 2.58. The molecule has 2 aromatic rings. The van der Waals surface area contributed by atoms with Gasteiger partial charge in [0, 0.05) is 11.1 Å². The van der Waals surface area contributed by atoms with Gasteiger partial charge in [0.1, 0.15) is 5.82 Å². The minimum atomic E-state index is -1.08. The van der Waals surface area contributed by atoms with Gasteiger partial charge in [0.25, 0.3) is 0 Å². The van der Waals surface area contributed by atoms with Gasteiger partial charge >= 0.3 is 5.97 Å². The number of hydrogen-bond donors (Lipinski definition) is 2. The fraction of sp³-hybridized carbons (Fsp3) is 0.111. The monoisotopic (exact) mass is 236 g/mol. The summed E-state index contributed by atoms with van der Waals surface area (Å²) < 4.78 is 0. The number of aromatic nitrogens is 3. The summed E-state index contributed by atoms with van der Waals surface area (Å²) in [5, 5.41) is 11.6. The van der Waals surface area contributed by atoms with E-state index in [9.17, 15) is 4.79 Å². The Morgan fingerprint density at radius 2 is 2.25 bits per heavy atom. The summed E-state index contributed by atoms with van der Waals surface area (Å²) >= 11 is 1.53. The minimum absolute atomic E-state index is 0.0664. The van der Waals surface area contributed by atoms with Gasteiger partial charge in [-0.3, -0.25) is 4.98 Å². The number of nitrogens with zero attached hydrogens (tertiary/aromatic N) is 3. The van der Waals surface area contributed by atoms with E-state index in [1.54, 1.807) is 11.7 Å². The highest BCUT2D eigenvalue weighted by Gasteiger charge is 2.04. The quantitative estimate of drug-likeness (QED) is 0.830. The summed E-state index contributed by atoms with van der Waals surface area (Å²) in [5.74, 6) is -0.542. The van der Waals surface area contributed by atoms with Gasteiger partial charge in [0.15, 0.2) is 5.69 Å². The third-order valence-electron chi connectivity index (χ3n) is 1.80. The van der Waals surface area contributed by atoms with Crippen molar-refractivity contribution in [3.8, 4) is 0 Å². The van der Waals surface area contributed by atoms with Gasteiger partial charge in [0.2, 0.25) is 0 Å². The molecular formula is C9H8N4O2S. The summed E-state index contributed by atoms with van der Waals surface area (Å²) in [7, 11) is 0. The largest absolute Gasteiger partial charge is 0.476 e. The van der Waals surface area contributed by atoms with E-state index in [1.807, 2.05) is 0 Å². The zero-order valence-corrected chi connectivity index (χ0v) is 8.94. The van der Waals surface area contributed by atoms with Crippen LogP contribution < -0.4 is 5.32 Å². The average Bonchev–Trinajstić information content (AvgIpc) is 2.80. The Kier molecular flexibility index (Phi) is 3.06. The Balaban J connectivity index is 1.98. The lowest BCUT2D eigenvalue weighted by Gasteiger charge is -2.02. The van der Waals surface area contributed by atoms with Crippen LogP contribution in [0.5, 0.6) is 0 Å². The molecule has 0 saturated heterocycles. The predicted octanol–water partition coefficient (Wildman–Crippen LogP) is 1.24. The van der Waals surface area contributed by atoms with Crippen LogP contribution in [0.2, 0.25) is 0 Å². The fourth-order valence-electron chi connectivity index (χ4n) is 1.04. The van der Waals surface area contributed by atoms with Crippen LogP contribution in [0, 0.1) is 0 Å². The zero-order chi connectivity index (χ0) is 11.4. The molecule has 0 aliphatic carbocycles. The van der Waals surface area contributed by atoms with Gasteiger partial charge in [-0.15, -0.1) is 11.3 Å². The predicted molar refractivity (Wildman–Crippen MR) is 58.4 cm³/mol. The van der Waals surface area contributed by atoms with Gasteiger partial charge in [-0.1, -0.05) is 0 Å². The van der Waals surface area contributed by atoms with Crippen molar-refractivity contribution in [2.75, 3.05) is 5.32 Å². The lowest BCUT2D eigenvalue weighted by molar-refractivity contribution is 0.0690. The summed E-state index contributed by atoms with van der Waals surface area (Å²) in [6, 6.07) is 0. The van der Waals surface area contributed by atoms with Gasteiger partial charge in [-0.2, -0.15) is 0 Å². The first-order valence-electron chi connectivity index (χ1n) is 4.42. The molecule has 82 valence electrons. The highest BCUT2D eigenvalue weighted by Crippen LogP contribution is 2.08. The second-order valence-electron chi connectivity index (χ2n) is 2.91. The van der Waals surface area contributed by atoms with E-state index >= 15 is 0 Å². The maximum Gasteiger partial charge on any atom is 0.356 e. The smallest absolute Gasteiger partial charge is 0.356 e. The van der Waals surface area contributed by atoms with Gasteiger partial charge in [-0.25, -0.2) is 14.8 Å². The van der Waals surface area contributed by atoms with E-state index in [2.05, 4.69) is 20.3 Å². The van der Waals surface area contributed by atoms with Crippen LogP contribution >= 0.6 is 11.3 Å². The van der Waals surface area contributed by atoms with Crippen molar-refractivity contribution in [3.63, 3.8) is 0 Å². The Labute approximate surface area is 95.0 Å². The van der Waals surface area contributed by atoms with E-state index in [0.29, 0.717) is 12.4 Å². The van der Waals surface area contributed by atoms with Crippen molar-refractivity contribution < 1.29 is 9.90 Å². The normalized spacial score (nSPS) is 10.0.